The van der Waals surface area contributed by atoms with Crippen LogP contribution in [0.25, 0.3) is 0 Å². The van der Waals surface area contributed by atoms with Crippen LogP contribution in [0.3, 0.4) is 0 Å². The van der Waals surface area contributed by atoms with Crippen molar-refractivity contribution in [2.75, 3.05) is 13.7 Å². The number of carbonyl (C=O) groups is 3. The molecular formula is C28H32O16. The molecule has 3 aliphatic heterocycles. The molecule has 0 radical (unpaired) electrons. The number of aromatic hydroxyl groups is 1. The molecule has 0 bridgehead atoms. The quantitative estimate of drug-likeness (QED) is 0.153. The number of Topliss-reactive ketones (excluding diaryl/α,β-unsaturated/α-hetero) is 1. The number of allylic oxidation sites excluding steroid dienone is 2. The third kappa shape index (κ3) is 5.95. The van der Waals surface area contributed by atoms with E-state index in [1.165, 1.54) is 20.1 Å². The highest BCUT2D eigenvalue weighted by Crippen LogP contribution is 2.41. The number of phenols is 1. The van der Waals surface area contributed by atoms with E-state index in [9.17, 15) is 50.1 Å². The first-order chi connectivity index (χ1) is 20.8. The van der Waals surface area contributed by atoms with Crippen LogP contribution >= 0.6 is 0 Å². The molecule has 4 aliphatic rings. The van der Waals surface area contributed by atoms with E-state index in [-0.39, 0.29) is 34.8 Å². The van der Waals surface area contributed by atoms with E-state index in [1.807, 2.05) is 0 Å². The van der Waals surface area contributed by atoms with E-state index in [2.05, 4.69) is 0 Å². The third-order valence-electron chi connectivity index (χ3n) is 7.77. The molecule has 11 unspecified atom stereocenters. The van der Waals surface area contributed by atoms with Gasteiger partial charge in [-0.2, -0.15) is 0 Å². The fraction of sp³-hybridized carbons (Fsp3) is 0.536. The molecule has 16 nitrogen and oxygen atoms in total. The van der Waals surface area contributed by atoms with Crippen molar-refractivity contribution in [3.63, 3.8) is 0 Å². The Labute approximate surface area is 249 Å². The maximum atomic E-state index is 12.9. The van der Waals surface area contributed by atoms with Crippen molar-refractivity contribution in [3.8, 4) is 17.2 Å². The number of aliphatic hydroxyl groups is 6. The van der Waals surface area contributed by atoms with Crippen LogP contribution in [0.4, 0.5) is 0 Å². The second-order valence-electron chi connectivity index (χ2n) is 10.7. The summed E-state index contributed by atoms with van der Waals surface area (Å²) in [4.78, 5) is 37.7. The Hall–Kier alpha value is -3.45. The van der Waals surface area contributed by atoms with Crippen LogP contribution in [-0.2, 0) is 28.5 Å². The number of rotatable bonds is 7. The van der Waals surface area contributed by atoms with E-state index >= 15 is 0 Å². The SMILES string of the molecule is COC1=CC(=O)C(C2CC(=O)c3c(O)cc(OC4OC(COC5OC(C)C(O)C(O)C5O)C(O)C(O)C4O)cc3O2)=CC1=O. The summed E-state index contributed by atoms with van der Waals surface area (Å²) in [6.45, 7) is 0.912. The predicted molar refractivity (Wildman–Crippen MR) is 140 cm³/mol. The highest BCUT2D eigenvalue weighted by atomic mass is 16.7. The summed E-state index contributed by atoms with van der Waals surface area (Å²) in [5, 5.41) is 72.0. The largest absolute Gasteiger partial charge is 0.507 e. The summed E-state index contributed by atoms with van der Waals surface area (Å²) < 4.78 is 32.7. The zero-order valence-corrected chi connectivity index (χ0v) is 23.4. The summed E-state index contributed by atoms with van der Waals surface area (Å²) in [6, 6.07) is 2.20. The smallest absolute Gasteiger partial charge is 0.229 e. The number of carbonyl (C=O) groups excluding carboxylic acids is 3. The highest BCUT2D eigenvalue weighted by Gasteiger charge is 2.47. The van der Waals surface area contributed by atoms with Crippen molar-refractivity contribution >= 4 is 17.3 Å². The Bertz CT molecular complexity index is 1370. The van der Waals surface area contributed by atoms with Crippen molar-refractivity contribution in [3.05, 3.63) is 41.2 Å². The molecule has 1 aliphatic carbocycles. The normalized spacial score (nSPS) is 37.5. The topological polar surface area (TPSA) is 248 Å². The Morgan fingerprint density at radius 3 is 2.23 bits per heavy atom. The highest BCUT2D eigenvalue weighted by molar-refractivity contribution is 6.20. The summed E-state index contributed by atoms with van der Waals surface area (Å²) in [5.41, 5.74) is -0.314. The molecule has 1 aromatic carbocycles. The third-order valence-corrected chi connectivity index (χ3v) is 7.77. The lowest BCUT2D eigenvalue weighted by atomic mass is 9.90. The molecule has 240 valence electrons. The van der Waals surface area contributed by atoms with Crippen molar-refractivity contribution < 1.29 is 78.6 Å². The zero-order valence-electron chi connectivity index (χ0n) is 23.4. The van der Waals surface area contributed by atoms with Gasteiger partial charge in [0.2, 0.25) is 12.1 Å². The Balaban J connectivity index is 1.31. The standard InChI is InChI=1S/C28H32O16/c1-9-21(33)23(35)25(37)27(41-9)40-8-19-22(34)24(36)26(38)28(44-19)42-10-3-14(31)20-15(32)7-16(43-18(20)4-10)11-5-13(30)17(39-2)6-12(11)29/h3-6,9,16,19,21-28,31,33-38H,7-8H2,1-2H3. The summed E-state index contributed by atoms with van der Waals surface area (Å²) in [6.07, 6.45) is -14.9. The Kier molecular flexibility index (Phi) is 9.08. The minimum atomic E-state index is -1.82. The van der Waals surface area contributed by atoms with Gasteiger partial charge >= 0.3 is 0 Å². The number of aliphatic hydroxyl groups excluding tert-OH is 6. The van der Waals surface area contributed by atoms with Crippen molar-refractivity contribution in [1.82, 2.24) is 0 Å². The van der Waals surface area contributed by atoms with Crippen LogP contribution < -0.4 is 9.47 Å². The number of phenolic OH excluding ortho intramolecular Hbond substituents is 1. The molecule has 1 aromatic rings. The lowest BCUT2D eigenvalue weighted by Crippen LogP contribution is -2.61. The van der Waals surface area contributed by atoms with Gasteiger partial charge in [-0.1, -0.05) is 0 Å². The number of fused-ring (bicyclic) bond motifs is 1. The Morgan fingerprint density at radius 1 is 0.841 bits per heavy atom. The lowest BCUT2D eigenvalue weighted by Gasteiger charge is -2.42. The van der Waals surface area contributed by atoms with Gasteiger partial charge in [-0.15, -0.1) is 0 Å². The molecule has 2 fully saturated rings. The molecule has 11 atom stereocenters. The van der Waals surface area contributed by atoms with Crippen LogP contribution in [0.5, 0.6) is 17.2 Å². The van der Waals surface area contributed by atoms with E-state index in [0.717, 1.165) is 18.2 Å². The molecular weight excluding hydrogens is 592 g/mol. The van der Waals surface area contributed by atoms with Gasteiger partial charge in [0.1, 0.15) is 71.6 Å². The first-order valence-corrected chi connectivity index (χ1v) is 13.6. The van der Waals surface area contributed by atoms with Gasteiger partial charge in [0, 0.05) is 29.9 Å². The Morgan fingerprint density at radius 2 is 1.52 bits per heavy atom. The van der Waals surface area contributed by atoms with E-state index < -0.39 is 97.2 Å². The van der Waals surface area contributed by atoms with Crippen LogP contribution in [0, 0.1) is 0 Å². The molecule has 5 rings (SSSR count). The molecule has 16 heteroatoms. The first kappa shape index (κ1) is 32.0. The second kappa shape index (κ2) is 12.5. The molecule has 0 amide bonds. The summed E-state index contributed by atoms with van der Waals surface area (Å²) >= 11 is 0. The summed E-state index contributed by atoms with van der Waals surface area (Å²) in [5.74, 6) is -2.94. The van der Waals surface area contributed by atoms with Crippen molar-refractivity contribution in [1.29, 1.82) is 0 Å². The molecule has 0 spiro atoms. The number of methoxy groups -OCH3 is 1. The van der Waals surface area contributed by atoms with Crippen LogP contribution in [0.2, 0.25) is 0 Å². The van der Waals surface area contributed by atoms with Crippen molar-refractivity contribution in [2.24, 2.45) is 0 Å². The summed E-state index contributed by atoms with van der Waals surface area (Å²) in [7, 11) is 1.23. The number of hydrogen-bond donors (Lipinski definition) is 7. The first-order valence-electron chi connectivity index (χ1n) is 13.6. The van der Waals surface area contributed by atoms with Gasteiger partial charge in [-0.05, 0) is 6.92 Å². The van der Waals surface area contributed by atoms with Crippen LogP contribution in [0.15, 0.2) is 35.6 Å². The second-order valence-corrected chi connectivity index (χ2v) is 10.7. The fourth-order valence-electron chi connectivity index (χ4n) is 5.25. The molecule has 2 saturated heterocycles. The monoisotopic (exact) mass is 624 g/mol. The number of ether oxygens (including phenoxy) is 6. The zero-order chi connectivity index (χ0) is 32.0. The van der Waals surface area contributed by atoms with Crippen LogP contribution in [0.1, 0.15) is 23.7 Å². The van der Waals surface area contributed by atoms with Gasteiger partial charge < -0.3 is 64.2 Å². The molecule has 3 heterocycles. The van der Waals surface area contributed by atoms with Gasteiger partial charge in [0.25, 0.3) is 0 Å². The maximum absolute atomic E-state index is 12.9. The fourth-order valence-corrected chi connectivity index (χ4v) is 5.25. The minimum absolute atomic E-state index is 0.102. The molecule has 7 N–H and O–H groups in total. The minimum Gasteiger partial charge on any atom is -0.507 e. The van der Waals surface area contributed by atoms with Gasteiger partial charge in [0.05, 0.1) is 26.2 Å². The lowest BCUT2D eigenvalue weighted by molar-refractivity contribution is -0.318. The van der Waals surface area contributed by atoms with Gasteiger partial charge in [-0.25, -0.2) is 0 Å². The van der Waals surface area contributed by atoms with E-state index in [1.54, 1.807) is 0 Å². The van der Waals surface area contributed by atoms with Crippen LogP contribution in [-0.4, -0.2) is 134 Å². The van der Waals surface area contributed by atoms with E-state index in [0.29, 0.717) is 0 Å². The number of benzene rings is 1. The maximum Gasteiger partial charge on any atom is 0.229 e. The van der Waals surface area contributed by atoms with Crippen molar-refractivity contribution in [2.45, 2.75) is 80.9 Å². The average Bonchev–Trinajstić information content (AvgIpc) is 2.98. The predicted octanol–water partition coefficient (Wildman–Crippen LogP) is -2.63. The molecule has 44 heavy (non-hydrogen) atoms. The van der Waals surface area contributed by atoms with Gasteiger partial charge in [-0.3, -0.25) is 14.4 Å². The number of hydrogen-bond acceptors (Lipinski definition) is 16. The average molecular weight is 625 g/mol. The van der Waals surface area contributed by atoms with Gasteiger partial charge in [0.15, 0.2) is 23.6 Å². The van der Waals surface area contributed by atoms with E-state index in [4.69, 9.17) is 28.4 Å². The molecule has 0 saturated carbocycles. The molecule has 0 aromatic heterocycles. The number of ketones is 3.